The van der Waals surface area contributed by atoms with Gasteiger partial charge in [-0.1, -0.05) is 17.8 Å². The fourth-order valence-corrected chi connectivity index (χ4v) is 4.67. The predicted octanol–water partition coefficient (Wildman–Crippen LogP) is 2.69. The van der Waals surface area contributed by atoms with Crippen molar-refractivity contribution in [2.75, 3.05) is 12.8 Å². The predicted molar refractivity (Wildman–Crippen MR) is 109 cm³/mol. The molecule has 3 rings (SSSR count). The van der Waals surface area contributed by atoms with Gasteiger partial charge in [0.15, 0.2) is 11.0 Å². The summed E-state index contributed by atoms with van der Waals surface area (Å²) in [6, 6.07) is 5.89. The first-order chi connectivity index (χ1) is 13.0. The summed E-state index contributed by atoms with van der Waals surface area (Å²) in [6.07, 6.45) is 0.190. The van der Waals surface area contributed by atoms with E-state index in [0.717, 1.165) is 10.4 Å². The Bertz CT molecular complexity index is 890. The van der Waals surface area contributed by atoms with Crippen LogP contribution in [-0.4, -0.2) is 44.3 Å². The maximum atomic E-state index is 12.4. The van der Waals surface area contributed by atoms with Gasteiger partial charge in [0.05, 0.1) is 10.6 Å². The molecule has 10 heteroatoms. The quantitative estimate of drug-likeness (QED) is 0.536. The van der Waals surface area contributed by atoms with E-state index in [1.807, 2.05) is 38.9 Å². The first-order valence-electron chi connectivity index (χ1n) is 8.18. The van der Waals surface area contributed by atoms with Crippen molar-refractivity contribution in [3.05, 3.63) is 39.9 Å². The molecule has 0 atom stereocenters. The lowest BCUT2D eigenvalue weighted by atomic mass is 10.3. The number of carbonyl (C=O) groups excluding carboxylic acids is 2. The van der Waals surface area contributed by atoms with Crippen LogP contribution in [0.1, 0.15) is 12.0 Å². The van der Waals surface area contributed by atoms with Crippen LogP contribution in [0, 0.1) is 0 Å². The van der Waals surface area contributed by atoms with Crippen molar-refractivity contribution in [3.63, 3.8) is 0 Å². The highest BCUT2D eigenvalue weighted by Crippen LogP contribution is 2.27. The molecule has 0 aliphatic carbocycles. The number of hydrogen-bond acceptors (Lipinski definition) is 7. The van der Waals surface area contributed by atoms with E-state index in [4.69, 9.17) is 5.73 Å². The molecule has 0 aliphatic heterocycles. The van der Waals surface area contributed by atoms with Gasteiger partial charge in [0.25, 0.3) is 0 Å². The Morgan fingerprint density at radius 1 is 1.30 bits per heavy atom. The van der Waals surface area contributed by atoms with Crippen LogP contribution in [0.4, 0.5) is 0 Å². The van der Waals surface area contributed by atoms with Crippen LogP contribution in [-0.2, 0) is 22.7 Å². The molecule has 2 amide bonds. The number of thioether (sulfide) groups is 1. The van der Waals surface area contributed by atoms with E-state index in [1.54, 1.807) is 34.6 Å². The Morgan fingerprint density at radius 3 is 2.81 bits per heavy atom. The Morgan fingerprint density at radius 2 is 2.15 bits per heavy atom. The molecule has 0 aromatic carbocycles. The van der Waals surface area contributed by atoms with Gasteiger partial charge in [-0.25, -0.2) is 0 Å². The summed E-state index contributed by atoms with van der Waals surface area (Å²) in [5.41, 5.74) is 6.41. The second kappa shape index (κ2) is 9.16. The maximum absolute atomic E-state index is 12.4. The number of hydrogen-bond donors (Lipinski definition) is 1. The van der Waals surface area contributed by atoms with E-state index in [0.29, 0.717) is 24.1 Å². The number of nitrogens with zero attached hydrogens (tertiary/aromatic N) is 4. The second-order valence-electron chi connectivity index (χ2n) is 5.82. The molecular formula is C17H19N5O2S3. The van der Waals surface area contributed by atoms with Gasteiger partial charge < -0.3 is 15.2 Å². The Balaban J connectivity index is 1.68. The van der Waals surface area contributed by atoms with Gasteiger partial charge >= 0.3 is 0 Å². The van der Waals surface area contributed by atoms with Crippen LogP contribution in [0.2, 0.25) is 0 Å². The Hall–Kier alpha value is -2.17. The fraction of sp³-hybridized carbons (Fsp3) is 0.294. The zero-order valence-corrected chi connectivity index (χ0v) is 17.1. The average molecular weight is 422 g/mol. The molecule has 0 spiro atoms. The van der Waals surface area contributed by atoms with Crippen molar-refractivity contribution in [2.45, 2.75) is 24.7 Å². The molecule has 142 valence electrons. The lowest BCUT2D eigenvalue weighted by molar-refractivity contribution is -0.127. The number of aromatic nitrogens is 3. The molecule has 0 saturated carbocycles. The van der Waals surface area contributed by atoms with Gasteiger partial charge in [-0.2, -0.15) is 11.3 Å². The third-order valence-electron chi connectivity index (χ3n) is 3.79. The average Bonchev–Trinajstić information content (AvgIpc) is 3.38. The topological polar surface area (TPSA) is 94.1 Å². The molecule has 0 unspecified atom stereocenters. The molecule has 0 aliphatic rings. The normalized spacial score (nSPS) is 10.9. The highest BCUT2D eigenvalue weighted by atomic mass is 32.2. The van der Waals surface area contributed by atoms with E-state index in [2.05, 4.69) is 10.2 Å². The molecule has 27 heavy (non-hydrogen) atoms. The molecule has 0 bridgehead atoms. The number of rotatable bonds is 9. The molecule has 7 nitrogen and oxygen atoms in total. The van der Waals surface area contributed by atoms with Crippen molar-refractivity contribution in [2.24, 2.45) is 5.73 Å². The van der Waals surface area contributed by atoms with Crippen LogP contribution in [0.15, 0.2) is 39.5 Å². The van der Waals surface area contributed by atoms with Gasteiger partial charge in [0, 0.05) is 26.6 Å². The van der Waals surface area contributed by atoms with Gasteiger partial charge in [0.1, 0.15) is 0 Å². The number of thiophene rings is 2. The monoisotopic (exact) mass is 421 g/mol. The lowest BCUT2D eigenvalue weighted by Gasteiger charge is -2.16. The van der Waals surface area contributed by atoms with E-state index in [9.17, 15) is 9.59 Å². The van der Waals surface area contributed by atoms with Crippen molar-refractivity contribution >= 4 is 46.2 Å². The summed E-state index contributed by atoms with van der Waals surface area (Å²) in [7, 11) is 1.79. The summed E-state index contributed by atoms with van der Waals surface area (Å²) in [5.74, 6) is 0.560. The van der Waals surface area contributed by atoms with Crippen LogP contribution < -0.4 is 5.73 Å². The van der Waals surface area contributed by atoms with Gasteiger partial charge in [-0.05, 0) is 33.8 Å². The molecular weight excluding hydrogens is 402 g/mol. The third-order valence-corrected chi connectivity index (χ3v) is 6.34. The summed E-state index contributed by atoms with van der Waals surface area (Å²) >= 11 is 4.48. The Labute approximate surface area is 169 Å². The van der Waals surface area contributed by atoms with Crippen molar-refractivity contribution in [1.82, 2.24) is 19.7 Å². The zero-order chi connectivity index (χ0) is 19.2. The summed E-state index contributed by atoms with van der Waals surface area (Å²) < 4.78 is 1.85. The highest BCUT2D eigenvalue weighted by Gasteiger charge is 2.18. The molecule has 3 heterocycles. The van der Waals surface area contributed by atoms with E-state index in [-0.39, 0.29) is 24.0 Å². The van der Waals surface area contributed by atoms with Gasteiger partial charge in [-0.15, -0.1) is 21.5 Å². The van der Waals surface area contributed by atoms with Crippen LogP contribution >= 0.6 is 34.4 Å². The first-order valence-corrected chi connectivity index (χ1v) is 11.0. The first kappa shape index (κ1) is 19.6. The van der Waals surface area contributed by atoms with Crippen LogP contribution in [0.3, 0.4) is 0 Å². The summed E-state index contributed by atoms with van der Waals surface area (Å²) in [6.45, 7) is 0.967. The molecule has 0 radical (unpaired) electrons. The van der Waals surface area contributed by atoms with E-state index >= 15 is 0 Å². The van der Waals surface area contributed by atoms with E-state index in [1.165, 1.54) is 11.8 Å². The number of nitrogens with two attached hydrogens (primary N) is 1. The van der Waals surface area contributed by atoms with Gasteiger partial charge in [0.2, 0.25) is 11.8 Å². The lowest BCUT2D eigenvalue weighted by Crippen LogP contribution is -2.27. The smallest absolute Gasteiger partial charge is 0.233 e. The molecule has 3 aromatic rings. The molecule has 3 aromatic heterocycles. The minimum absolute atomic E-state index is 0.00771. The van der Waals surface area contributed by atoms with Crippen LogP contribution in [0.5, 0.6) is 0 Å². The number of amides is 2. The molecule has 0 fully saturated rings. The Kier molecular flexibility index (Phi) is 6.64. The minimum atomic E-state index is -0.386. The largest absolute Gasteiger partial charge is 0.370 e. The van der Waals surface area contributed by atoms with Crippen molar-refractivity contribution < 1.29 is 9.59 Å². The SMILES string of the molecule is CN(Cc1ccsc1)C(=O)CSc1nnc(-c2cccs2)n1CCC(N)=O. The van der Waals surface area contributed by atoms with Gasteiger partial charge in [-0.3, -0.25) is 9.59 Å². The highest BCUT2D eigenvalue weighted by molar-refractivity contribution is 7.99. The summed E-state index contributed by atoms with van der Waals surface area (Å²) in [4.78, 5) is 26.3. The standard InChI is InChI=1S/C17H19N5O2S3/c1-21(9-12-5-8-25-10-12)15(24)11-27-17-20-19-16(13-3-2-7-26-13)22(17)6-4-14(18)23/h2-3,5,7-8,10H,4,6,9,11H2,1H3,(H2,18,23). The summed E-state index contributed by atoms with van der Waals surface area (Å²) in [5, 5.41) is 15.1. The van der Waals surface area contributed by atoms with Crippen molar-refractivity contribution in [1.29, 1.82) is 0 Å². The molecule has 0 saturated heterocycles. The number of carbonyl (C=O) groups is 2. The van der Waals surface area contributed by atoms with Crippen molar-refractivity contribution in [3.8, 4) is 10.7 Å². The minimum Gasteiger partial charge on any atom is -0.370 e. The van der Waals surface area contributed by atoms with E-state index < -0.39 is 0 Å². The maximum Gasteiger partial charge on any atom is 0.233 e. The third kappa shape index (κ3) is 5.18. The number of primary amides is 1. The zero-order valence-electron chi connectivity index (χ0n) is 14.7. The second-order valence-corrected chi connectivity index (χ2v) is 8.49. The molecule has 2 N–H and O–H groups in total. The fourth-order valence-electron chi connectivity index (χ4n) is 2.39. The van der Waals surface area contributed by atoms with Crippen LogP contribution in [0.25, 0.3) is 10.7 Å².